The van der Waals surface area contributed by atoms with Crippen molar-refractivity contribution in [3.05, 3.63) is 108 Å². The van der Waals surface area contributed by atoms with Crippen LogP contribution in [0.4, 0.5) is 4.79 Å². The molecule has 6 atom stereocenters. The van der Waals surface area contributed by atoms with Gasteiger partial charge in [-0.25, -0.2) is 4.79 Å². The molecule has 7 heteroatoms. The summed E-state index contributed by atoms with van der Waals surface area (Å²) in [7, 11) is 1.84. The van der Waals surface area contributed by atoms with Crippen LogP contribution in [0, 0.1) is 22.7 Å². The minimum atomic E-state index is -1.02. The van der Waals surface area contributed by atoms with Crippen molar-refractivity contribution in [2.75, 3.05) is 13.7 Å². The monoisotopic (exact) mass is 683 g/mol. The van der Waals surface area contributed by atoms with Gasteiger partial charge in [0.15, 0.2) is 0 Å². The SMILES string of the molecule is CO[C@@H]1C[C@H]2CC[C@]1(CN(Cc1ccccc1)[C@H](c1ccccc1)[C@H](C(=O)OC(C)(C)C)[C@@H](OC(=O)OC(C)(C)C)c1ccccc1)C2(C)C. The molecule has 3 aromatic rings. The smallest absolute Gasteiger partial charge is 0.460 e. The molecule has 0 aromatic heterocycles. The lowest BCUT2D eigenvalue weighted by Gasteiger charge is -2.48. The molecule has 5 rings (SSSR count). The minimum Gasteiger partial charge on any atom is -0.460 e. The number of ether oxygens (including phenoxy) is 4. The summed E-state index contributed by atoms with van der Waals surface area (Å²) in [6.07, 6.45) is 1.41. The third-order valence-electron chi connectivity index (χ3n) is 11.0. The van der Waals surface area contributed by atoms with E-state index < -0.39 is 41.4 Å². The topological polar surface area (TPSA) is 74.3 Å². The molecular weight excluding hydrogens is 626 g/mol. The normalized spacial score (nSPS) is 23.2. The van der Waals surface area contributed by atoms with Gasteiger partial charge < -0.3 is 18.9 Å². The number of nitrogens with zero attached hydrogens (tertiary/aromatic N) is 1. The largest absolute Gasteiger partial charge is 0.509 e. The maximum Gasteiger partial charge on any atom is 0.509 e. The van der Waals surface area contributed by atoms with E-state index in [4.69, 9.17) is 18.9 Å². The van der Waals surface area contributed by atoms with Crippen molar-refractivity contribution in [3.8, 4) is 0 Å². The summed E-state index contributed by atoms with van der Waals surface area (Å²) in [6, 6.07) is 29.5. The van der Waals surface area contributed by atoms with Crippen molar-refractivity contribution < 1.29 is 28.5 Å². The Labute approximate surface area is 299 Å². The Bertz CT molecular complexity index is 1560. The number of benzene rings is 3. The summed E-state index contributed by atoms with van der Waals surface area (Å²) in [5.74, 6) is -0.859. The molecule has 7 nitrogen and oxygen atoms in total. The Morgan fingerprint density at radius 3 is 1.86 bits per heavy atom. The second-order valence-corrected chi connectivity index (χ2v) is 16.8. The number of carbonyl (C=O) groups excluding carboxylic acids is 2. The van der Waals surface area contributed by atoms with Crippen LogP contribution in [0.25, 0.3) is 0 Å². The molecule has 2 fully saturated rings. The summed E-state index contributed by atoms with van der Waals surface area (Å²) in [5, 5.41) is 0. The number of hydrogen-bond acceptors (Lipinski definition) is 7. The van der Waals surface area contributed by atoms with E-state index in [0.29, 0.717) is 24.6 Å². The average Bonchev–Trinajstić information content (AvgIpc) is 3.41. The van der Waals surface area contributed by atoms with Gasteiger partial charge in [-0.3, -0.25) is 9.69 Å². The highest BCUT2D eigenvalue weighted by Crippen LogP contribution is 2.67. The number of esters is 1. The third kappa shape index (κ3) is 8.26. The third-order valence-corrected chi connectivity index (χ3v) is 11.0. The molecule has 0 aliphatic heterocycles. The Morgan fingerprint density at radius 1 is 0.800 bits per heavy atom. The van der Waals surface area contributed by atoms with Gasteiger partial charge in [0, 0.05) is 25.6 Å². The van der Waals surface area contributed by atoms with Crippen LogP contribution < -0.4 is 0 Å². The molecule has 270 valence electrons. The zero-order valence-electron chi connectivity index (χ0n) is 31.5. The first-order valence-electron chi connectivity index (χ1n) is 18.1. The number of methoxy groups -OCH3 is 1. The first-order chi connectivity index (χ1) is 23.5. The first kappa shape index (κ1) is 37.6. The van der Waals surface area contributed by atoms with Crippen LogP contribution in [0.3, 0.4) is 0 Å². The quantitative estimate of drug-likeness (QED) is 0.176. The van der Waals surface area contributed by atoms with E-state index in [1.165, 1.54) is 0 Å². The predicted molar refractivity (Wildman–Crippen MR) is 196 cm³/mol. The molecule has 2 aliphatic rings. The Hall–Kier alpha value is -3.68. The number of fused-ring (bicyclic) bond motifs is 2. The van der Waals surface area contributed by atoms with E-state index in [-0.39, 0.29) is 16.9 Å². The van der Waals surface area contributed by atoms with E-state index in [1.807, 2.05) is 82.5 Å². The summed E-state index contributed by atoms with van der Waals surface area (Å²) in [4.78, 5) is 31.0. The van der Waals surface area contributed by atoms with Crippen molar-refractivity contribution in [2.24, 2.45) is 22.7 Å². The summed E-state index contributed by atoms with van der Waals surface area (Å²) < 4.78 is 24.6. The summed E-state index contributed by atoms with van der Waals surface area (Å²) >= 11 is 0. The lowest BCUT2D eigenvalue weighted by atomic mass is 9.67. The van der Waals surface area contributed by atoms with Crippen LogP contribution in [0.5, 0.6) is 0 Å². The highest BCUT2D eigenvalue weighted by atomic mass is 16.7. The van der Waals surface area contributed by atoms with Crippen LogP contribution >= 0.6 is 0 Å². The van der Waals surface area contributed by atoms with E-state index in [2.05, 4.69) is 55.1 Å². The number of hydrogen-bond donors (Lipinski definition) is 0. The zero-order valence-corrected chi connectivity index (χ0v) is 31.5. The molecule has 0 unspecified atom stereocenters. The van der Waals surface area contributed by atoms with Gasteiger partial charge >= 0.3 is 12.1 Å². The molecule has 2 saturated carbocycles. The molecule has 50 heavy (non-hydrogen) atoms. The fourth-order valence-electron chi connectivity index (χ4n) is 8.59. The van der Waals surface area contributed by atoms with Gasteiger partial charge in [-0.15, -0.1) is 0 Å². The first-order valence-corrected chi connectivity index (χ1v) is 18.1. The fourth-order valence-corrected chi connectivity index (χ4v) is 8.59. The maximum absolute atomic E-state index is 14.9. The number of rotatable bonds is 12. The van der Waals surface area contributed by atoms with Gasteiger partial charge in [0.1, 0.15) is 23.2 Å². The number of carbonyl (C=O) groups is 2. The zero-order chi connectivity index (χ0) is 36.3. The molecular formula is C43H57NO6. The van der Waals surface area contributed by atoms with Gasteiger partial charge in [-0.2, -0.15) is 0 Å². The second kappa shape index (κ2) is 14.9. The average molecular weight is 684 g/mol. The van der Waals surface area contributed by atoms with Crippen LogP contribution in [0.1, 0.15) is 103 Å². The van der Waals surface area contributed by atoms with Crippen molar-refractivity contribution in [3.63, 3.8) is 0 Å². The Kier molecular flexibility index (Phi) is 11.2. The van der Waals surface area contributed by atoms with Gasteiger partial charge in [-0.05, 0) is 88.8 Å². The molecule has 2 aliphatic carbocycles. The van der Waals surface area contributed by atoms with Crippen LogP contribution in [-0.4, -0.2) is 48.0 Å². The van der Waals surface area contributed by atoms with E-state index >= 15 is 0 Å². The van der Waals surface area contributed by atoms with Crippen LogP contribution in [0.2, 0.25) is 0 Å². The van der Waals surface area contributed by atoms with Crippen LogP contribution in [0.15, 0.2) is 91.0 Å². The summed E-state index contributed by atoms with van der Waals surface area (Å²) in [6.45, 7) is 17.0. The van der Waals surface area contributed by atoms with E-state index in [0.717, 1.165) is 30.4 Å². The summed E-state index contributed by atoms with van der Waals surface area (Å²) in [5.41, 5.74) is 1.00. The van der Waals surface area contributed by atoms with Gasteiger partial charge in [0.2, 0.25) is 0 Å². The Morgan fingerprint density at radius 2 is 1.34 bits per heavy atom. The lowest BCUT2D eigenvalue weighted by molar-refractivity contribution is -0.171. The van der Waals surface area contributed by atoms with Crippen molar-refractivity contribution in [2.45, 2.75) is 111 Å². The maximum atomic E-state index is 14.9. The van der Waals surface area contributed by atoms with E-state index in [9.17, 15) is 9.59 Å². The van der Waals surface area contributed by atoms with Crippen molar-refractivity contribution in [1.29, 1.82) is 0 Å². The molecule has 0 spiro atoms. The van der Waals surface area contributed by atoms with Gasteiger partial charge in [-0.1, -0.05) is 105 Å². The molecule has 0 radical (unpaired) electrons. The highest BCUT2D eigenvalue weighted by molar-refractivity contribution is 5.76. The van der Waals surface area contributed by atoms with Crippen LogP contribution in [-0.2, 0) is 30.3 Å². The molecule has 2 bridgehead atoms. The van der Waals surface area contributed by atoms with Gasteiger partial charge in [0.25, 0.3) is 0 Å². The molecule has 0 saturated heterocycles. The van der Waals surface area contributed by atoms with Crippen molar-refractivity contribution >= 4 is 12.1 Å². The minimum absolute atomic E-state index is 0.0110. The van der Waals surface area contributed by atoms with Crippen molar-refractivity contribution in [1.82, 2.24) is 4.90 Å². The molecule has 0 N–H and O–H groups in total. The van der Waals surface area contributed by atoms with E-state index in [1.54, 1.807) is 20.8 Å². The molecule has 3 aromatic carbocycles. The lowest BCUT2D eigenvalue weighted by Crippen LogP contribution is -2.52. The highest BCUT2D eigenvalue weighted by Gasteiger charge is 2.65. The fraction of sp³-hybridized carbons (Fsp3) is 0.535. The standard InChI is InChI=1S/C43H57NO6/c1-40(2,3)49-38(45)35(37(32-23-17-12-18-24-32)48-39(46)50-41(4,5)6)36(31-21-15-11-16-22-31)44(28-30-19-13-10-14-20-30)29-43-26-25-33(42(43,7)8)27-34(43)47-9/h10-24,33-37H,25-29H2,1-9H3/t33-,34-,35+,36-,37+,43-/m1/s1. The predicted octanol–water partition coefficient (Wildman–Crippen LogP) is 9.72. The molecule has 0 amide bonds. The Balaban J connectivity index is 1.74. The second-order valence-electron chi connectivity index (χ2n) is 16.8. The van der Waals surface area contributed by atoms with Gasteiger partial charge in [0.05, 0.1) is 12.1 Å². The molecule has 0 heterocycles.